The molecule has 19 heavy (non-hydrogen) atoms. The van der Waals surface area contributed by atoms with Crippen molar-refractivity contribution in [2.24, 2.45) is 11.8 Å². The van der Waals surface area contributed by atoms with Gasteiger partial charge >= 0.3 is 6.09 Å². The lowest BCUT2D eigenvalue weighted by atomic mass is 9.88. The van der Waals surface area contributed by atoms with Crippen molar-refractivity contribution in [3.05, 3.63) is 0 Å². The molecule has 110 valence electrons. The molecule has 0 atom stereocenters. The summed E-state index contributed by atoms with van der Waals surface area (Å²) in [6.45, 7) is 3.90. The third-order valence-electron chi connectivity index (χ3n) is 4.82. The van der Waals surface area contributed by atoms with E-state index in [4.69, 9.17) is 5.11 Å². The first-order valence-corrected chi connectivity index (χ1v) is 7.94. The normalized spacial score (nSPS) is 22.6. The van der Waals surface area contributed by atoms with Crippen LogP contribution in [0, 0.1) is 11.8 Å². The maximum atomic E-state index is 10.8. The molecule has 2 saturated heterocycles. The van der Waals surface area contributed by atoms with Crippen LogP contribution in [-0.4, -0.2) is 42.3 Å². The van der Waals surface area contributed by atoms with E-state index >= 15 is 0 Å². The summed E-state index contributed by atoms with van der Waals surface area (Å²) in [5.41, 5.74) is 0. The van der Waals surface area contributed by atoms with Gasteiger partial charge in [-0.3, -0.25) is 0 Å². The smallest absolute Gasteiger partial charge is 0.407 e. The maximum absolute atomic E-state index is 10.8. The van der Waals surface area contributed by atoms with Crippen molar-refractivity contribution in [1.29, 1.82) is 0 Å². The third kappa shape index (κ3) is 5.01. The highest BCUT2D eigenvalue weighted by Gasteiger charge is 2.21. The SMILES string of the molecule is O=C(O)N1CCC(CCCCC2CCNCC2)CC1. The van der Waals surface area contributed by atoms with Crippen LogP contribution in [0.15, 0.2) is 0 Å². The zero-order valence-corrected chi connectivity index (χ0v) is 11.9. The molecule has 2 N–H and O–H groups in total. The number of carboxylic acid groups (broad SMARTS) is 1. The van der Waals surface area contributed by atoms with Crippen molar-refractivity contribution in [2.75, 3.05) is 26.2 Å². The van der Waals surface area contributed by atoms with Gasteiger partial charge in [-0.2, -0.15) is 0 Å². The van der Waals surface area contributed by atoms with Crippen LogP contribution in [-0.2, 0) is 0 Å². The van der Waals surface area contributed by atoms with E-state index in [0.717, 1.165) is 37.8 Å². The van der Waals surface area contributed by atoms with Gasteiger partial charge in [0.1, 0.15) is 0 Å². The fourth-order valence-electron chi connectivity index (χ4n) is 3.45. The number of rotatable bonds is 5. The average Bonchev–Trinajstić information content (AvgIpc) is 2.45. The van der Waals surface area contributed by atoms with E-state index in [-0.39, 0.29) is 0 Å². The lowest BCUT2D eigenvalue weighted by Crippen LogP contribution is -2.37. The highest BCUT2D eigenvalue weighted by molar-refractivity contribution is 5.64. The second-order valence-electron chi connectivity index (χ2n) is 6.19. The molecule has 0 aromatic rings. The van der Waals surface area contributed by atoms with Crippen LogP contribution < -0.4 is 5.32 Å². The highest BCUT2D eigenvalue weighted by Crippen LogP contribution is 2.25. The van der Waals surface area contributed by atoms with E-state index in [0.29, 0.717) is 0 Å². The standard InChI is InChI=1S/C15H28N2O2/c18-15(19)17-11-7-14(8-12-17)4-2-1-3-13-5-9-16-10-6-13/h13-14,16H,1-12H2,(H,18,19). The number of hydrogen-bond acceptors (Lipinski definition) is 2. The van der Waals surface area contributed by atoms with Gasteiger partial charge in [-0.25, -0.2) is 4.79 Å². The topological polar surface area (TPSA) is 52.6 Å². The second-order valence-corrected chi connectivity index (χ2v) is 6.19. The summed E-state index contributed by atoms with van der Waals surface area (Å²) in [6.07, 6.45) is 9.51. The van der Waals surface area contributed by atoms with Gasteiger partial charge in [0.25, 0.3) is 0 Å². The Bertz CT molecular complexity index is 269. The van der Waals surface area contributed by atoms with Crippen LogP contribution in [0.3, 0.4) is 0 Å². The Kier molecular flexibility index (Phi) is 5.95. The molecule has 2 aliphatic heterocycles. The number of nitrogens with one attached hydrogen (secondary N) is 1. The number of hydrogen-bond donors (Lipinski definition) is 2. The van der Waals surface area contributed by atoms with Crippen molar-refractivity contribution < 1.29 is 9.90 Å². The Balaban J connectivity index is 1.51. The Hall–Kier alpha value is -0.770. The molecular weight excluding hydrogens is 240 g/mol. The van der Waals surface area contributed by atoms with Crippen LogP contribution in [0.1, 0.15) is 51.4 Å². The van der Waals surface area contributed by atoms with Crippen LogP contribution in [0.4, 0.5) is 4.79 Å². The van der Waals surface area contributed by atoms with E-state index in [1.807, 2.05) is 0 Å². The van der Waals surface area contributed by atoms with Crippen LogP contribution in [0.25, 0.3) is 0 Å². The van der Waals surface area contributed by atoms with Crippen LogP contribution in [0.5, 0.6) is 0 Å². The molecule has 2 heterocycles. The minimum atomic E-state index is -0.746. The van der Waals surface area contributed by atoms with Gasteiger partial charge in [-0.1, -0.05) is 25.7 Å². The molecule has 0 aromatic carbocycles. The zero-order valence-electron chi connectivity index (χ0n) is 11.9. The van der Waals surface area contributed by atoms with E-state index in [1.165, 1.54) is 51.6 Å². The first kappa shape index (κ1) is 14.6. The van der Waals surface area contributed by atoms with Crippen LogP contribution >= 0.6 is 0 Å². The Morgan fingerprint density at radius 2 is 1.53 bits per heavy atom. The molecule has 0 saturated carbocycles. The van der Waals surface area contributed by atoms with Gasteiger partial charge in [-0.15, -0.1) is 0 Å². The van der Waals surface area contributed by atoms with Crippen molar-refractivity contribution in [3.63, 3.8) is 0 Å². The molecule has 0 aliphatic carbocycles. The summed E-state index contributed by atoms with van der Waals surface area (Å²) in [6, 6.07) is 0. The molecule has 0 radical (unpaired) electrons. The number of carbonyl (C=O) groups is 1. The molecule has 0 bridgehead atoms. The molecule has 0 unspecified atom stereocenters. The fourth-order valence-corrected chi connectivity index (χ4v) is 3.45. The van der Waals surface area contributed by atoms with Crippen molar-refractivity contribution >= 4 is 6.09 Å². The van der Waals surface area contributed by atoms with Gasteiger partial charge in [0.05, 0.1) is 0 Å². The fraction of sp³-hybridized carbons (Fsp3) is 0.933. The van der Waals surface area contributed by atoms with Crippen molar-refractivity contribution in [3.8, 4) is 0 Å². The summed E-state index contributed by atoms with van der Waals surface area (Å²) < 4.78 is 0. The minimum absolute atomic E-state index is 0.744. The van der Waals surface area contributed by atoms with Gasteiger partial charge in [-0.05, 0) is 50.6 Å². The summed E-state index contributed by atoms with van der Waals surface area (Å²) in [7, 11) is 0. The quantitative estimate of drug-likeness (QED) is 0.754. The number of piperidine rings is 2. The highest BCUT2D eigenvalue weighted by atomic mass is 16.4. The van der Waals surface area contributed by atoms with E-state index in [9.17, 15) is 4.79 Å². The molecule has 4 nitrogen and oxygen atoms in total. The molecule has 0 aromatic heterocycles. The van der Waals surface area contributed by atoms with Gasteiger partial charge < -0.3 is 15.3 Å². The monoisotopic (exact) mass is 268 g/mol. The van der Waals surface area contributed by atoms with Gasteiger partial charge in [0.15, 0.2) is 0 Å². The van der Waals surface area contributed by atoms with Crippen molar-refractivity contribution in [2.45, 2.75) is 51.4 Å². The largest absolute Gasteiger partial charge is 0.465 e. The first-order valence-electron chi connectivity index (χ1n) is 7.94. The summed E-state index contributed by atoms with van der Waals surface area (Å²) in [4.78, 5) is 12.4. The Morgan fingerprint density at radius 1 is 1.00 bits per heavy atom. The molecule has 2 aliphatic rings. The maximum Gasteiger partial charge on any atom is 0.407 e. The lowest BCUT2D eigenvalue weighted by molar-refractivity contribution is 0.122. The molecule has 1 amide bonds. The number of nitrogens with zero attached hydrogens (tertiary/aromatic N) is 1. The van der Waals surface area contributed by atoms with Crippen molar-refractivity contribution in [1.82, 2.24) is 10.2 Å². The number of likely N-dealkylation sites (tertiary alicyclic amines) is 1. The molecule has 0 spiro atoms. The molecule has 4 heteroatoms. The zero-order chi connectivity index (χ0) is 13.5. The third-order valence-corrected chi connectivity index (χ3v) is 4.82. The van der Waals surface area contributed by atoms with E-state index in [1.54, 1.807) is 4.90 Å². The van der Waals surface area contributed by atoms with E-state index < -0.39 is 6.09 Å². The number of unbranched alkanes of at least 4 members (excludes halogenated alkanes) is 1. The Labute approximate surface area is 116 Å². The van der Waals surface area contributed by atoms with E-state index in [2.05, 4.69) is 5.32 Å². The summed E-state index contributed by atoms with van der Waals surface area (Å²) in [5, 5.41) is 12.3. The average molecular weight is 268 g/mol. The molecular formula is C15H28N2O2. The Morgan fingerprint density at radius 3 is 2.05 bits per heavy atom. The molecule has 2 fully saturated rings. The predicted molar refractivity (Wildman–Crippen MR) is 76.4 cm³/mol. The summed E-state index contributed by atoms with van der Waals surface area (Å²) in [5.74, 6) is 1.72. The lowest BCUT2D eigenvalue weighted by Gasteiger charge is -2.30. The van der Waals surface area contributed by atoms with Crippen LogP contribution in [0.2, 0.25) is 0 Å². The van der Waals surface area contributed by atoms with Gasteiger partial charge in [0.2, 0.25) is 0 Å². The second kappa shape index (κ2) is 7.73. The number of amides is 1. The predicted octanol–water partition coefficient (Wildman–Crippen LogP) is 2.94. The first-order chi connectivity index (χ1) is 9.25. The minimum Gasteiger partial charge on any atom is -0.465 e. The molecule has 2 rings (SSSR count). The van der Waals surface area contributed by atoms with Gasteiger partial charge in [0, 0.05) is 13.1 Å². The summed E-state index contributed by atoms with van der Waals surface area (Å²) >= 11 is 0.